The zero-order chi connectivity index (χ0) is 14.8. The molecule has 0 aliphatic carbocycles. The molecule has 3 N–H and O–H groups in total. The Labute approximate surface area is 120 Å². The van der Waals surface area contributed by atoms with Crippen molar-refractivity contribution in [3.8, 4) is 0 Å². The third-order valence-electron chi connectivity index (χ3n) is 2.46. The van der Waals surface area contributed by atoms with Crippen molar-refractivity contribution in [2.45, 2.75) is 4.90 Å². The number of hydrogen-bond acceptors (Lipinski definition) is 4. The average molecular weight is 311 g/mol. The molecule has 0 saturated carbocycles. The summed E-state index contributed by atoms with van der Waals surface area (Å²) in [5.41, 5.74) is 5.49. The van der Waals surface area contributed by atoms with Crippen LogP contribution in [0.2, 0.25) is 0 Å². The van der Waals surface area contributed by atoms with E-state index in [1.807, 2.05) is 0 Å². The van der Waals surface area contributed by atoms with E-state index in [9.17, 15) is 12.8 Å². The lowest BCUT2D eigenvalue weighted by atomic mass is 10.2. The van der Waals surface area contributed by atoms with Crippen LogP contribution in [-0.4, -0.2) is 18.4 Å². The summed E-state index contributed by atoms with van der Waals surface area (Å²) in [6.45, 7) is 0. The van der Waals surface area contributed by atoms with Gasteiger partial charge in [0.1, 0.15) is 4.99 Å². The Morgan fingerprint density at radius 3 is 2.65 bits per heavy atom. The van der Waals surface area contributed by atoms with E-state index in [0.29, 0.717) is 0 Å². The topological polar surface area (TPSA) is 85.1 Å². The molecule has 0 fully saturated rings. The second kappa shape index (κ2) is 5.51. The molecule has 0 amide bonds. The number of sulfonamides is 1. The maximum atomic E-state index is 13.5. The van der Waals surface area contributed by atoms with Crippen molar-refractivity contribution < 1.29 is 12.8 Å². The van der Waals surface area contributed by atoms with Crippen LogP contribution in [0.5, 0.6) is 0 Å². The lowest BCUT2D eigenvalue weighted by Gasteiger charge is -2.11. The van der Waals surface area contributed by atoms with Crippen LogP contribution in [0.15, 0.2) is 47.6 Å². The zero-order valence-corrected chi connectivity index (χ0v) is 11.7. The van der Waals surface area contributed by atoms with Crippen LogP contribution in [0.4, 0.5) is 10.1 Å². The van der Waals surface area contributed by atoms with E-state index in [1.165, 1.54) is 30.5 Å². The Balaban J connectivity index is 2.47. The number of halogens is 1. The van der Waals surface area contributed by atoms with Crippen molar-refractivity contribution in [2.75, 3.05) is 4.72 Å². The van der Waals surface area contributed by atoms with Gasteiger partial charge >= 0.3 is 0 Å². The first-order valence-corrected chi connectivity index (χ1v) is 7.32. The maximum absolute atomic E-state index is 13.5. The van der Waals surface area contributed by atoms with E-state index in [4.69, 9.17) is 18.0 Å². The minimum Gasteiger partial charge on any atom is -0.389 e. The van der Waals surface area contributed by atoms with Crippen molar-refractivity contribution in [1.82, 2.24) is 4.98 Å². The molecule has 0 aliphatic rings. The summed E-state index contributed by atoms with van der Waals surface area (Å²) in [6, 6.07) is 7.19. The van der Waals surface area contributed by atoms with Crippen LogP contribution in [0.1, 0.15) is 5.56 Å². The summed E-state index contributed by atoms with van der Waals surface area (Å²) in [4.78, 5) is 3.38. The van der Waals surface area contributed by atoms with Gasteiger partial charge in [0.05, 0.1) is 16.8 Å². The largest absolute Gasteiger partial charge is 0.389 e. The lowest BCUT2D eigenvalue weighted by Crippen LogP contribution is -2.20. The highest BCUT2D eigenvalue weighted by atomic mass is 32.2. The van der Waals surface area contributed by atoms with Crippen molar-refractivity contribution in [3.05, 3.63) is 54.1 Å². The quantitative estimate of drug-likeness (QED) is 0.839. The van der Waals surface area contributed by atoms with Crippen LogP contribution in [0.3, 0.4) is 0 Å². The number of benzene rings is 1. The third kappa shape index (κ3) is 2.91. The molecule has 2 aromatic rings. The van der Waals surface area contributed by atoms with Crippen molar-refractivity contribution in [2.24, 2.45) is 5.73 Å². The molecule has 8 heteroatoms. The highest BCUT2D eigenvalue weighted by molar-refractivity contribution is 7.93. The molecule has 0 atom stereocenters. The predicted octanol–water partition coefficient (Wildman–Crippen LogP) is 1.66. The summed E-state index contributed by atoms with van der Waals surface area (Å²) < 4.78 is 40.1. The molecule has 1 aromatic heterocycles. The summed E-state index contributed by atoms with van der Waals surface area (Å²) >= 11 is 4.81. The number of pyridine rings is 1. The molecular weight excluding hydrogens is 301 g/mol. The first kappa shape index (κ1) is 14.4. The molecule has 0 aliphatic heterocycles. The second-order valence-corrected chi connectivity index (χ2v) is 5.91. The molecule has 1 heterocycles. The van der Waals surface area contributed by atoms with Crippen LogP contribution in [-0.2, 0) is 10.0 Å². The number of thiocarbonyl (C=S) groups is 1. The number of nitrogens with zero attached hydrogens (tertiary/aromatic N) is 1. The van der Waals surface area contributed by atoms with Crippen LogP contribution in [0.25, 0.3) is 0 Å². The lowest BCUT2D eigenvalue weighted by molar-refractivity contribution is 0.598. The van der Waals surface area contributed by atoms with Crippen molar-refractivity contribution in [1.29, 1.82) is 0 Å². The molecule has 5 nitrogen and oxygen atoms in total. The number of nitrogens with one attached hydrogen (secondary N) is 1. The predicted molar refractivity (Wildman–Crippen MR) is 77.3 cm³/mol. The fourth-order valence-electron chi connectivity index (χ4n) is 1.56. The van der Waals surface area contributed by atoms with Gasteiger partial charge in [-0.25, -0.2) is 12.8 Å². The number of nitrogens with two attached hydrogens (primary N) is 1. The molecule has 0 bridgehead atoms. The van der Waals surface area contributed by atoms with E-state index in [1.54, 1.807) is 6.07 Å². The highest BCUT2D eigenvalue weighted by Gasteiger charge is 2.20. The van der Waals surface area contributed by atoms with Crippen molar-refractivity contribution in [3.63, 3.8) is 0 Å². The van der Waals surface area contributed by atoms with E-state index < -0.39 is 15.8 Å². The fourth-order valence-corrected chi connectivity index (χ4v) is 3.10. The Kier molecular flexibility index (Phi) is 3.96. The van der Waals surface area contributed by atoms with E-state index in [2.05, 4.69) is 9.71 Å². The zero-order valence-electron chi connectivity index (χ0n) is 10.1. The first-order valence-electron chi connectivity index (χ1n) is 5.43. The van der Waals surface area contributed by atoms with Gasteiger partial charge in [0, 0.05) is 11.8 Å². The second-order valence-electron chi connectivity index (χ2n) is 3.82. The minimum atomic E-state index is -4.00. The number of anilines is 1. The smallest absolute Gasteiger partial charge is 0.262 e. The highest BCUT2D eigenvalue weighted by Crippen LogP contribution is 2.20. The molecule has 20 heavy (non-hydrogen) atoms. The van der Waals surface area contributed by atoms with Gasteiger partial charge in [0.15, 0.2) is 5.82 Å². The normalized spacial score (nSPS) is 11.1. The number of rotatable bonds is 4. The molecule has 0 radical (unpaired) electrons. The molecule has 0 spiro atoms. The first-order chi connectivity index (χ1) is 9.42. The summed E-state index contributed by atoms with van der Waals surface area (Å²) in [6.07, 6.45) is 2.19. The van der Waals surface area contributed by atoms with Gasteiger partial charge in [-0.05, 0) is 12.1 Å². The number of aromatic nitrogens is 1. The maximum Gasteiger partial charge on any atom is 0.262 e. The minimum absolute atomic E-state index is 0.0545. The molecule has 2 rings (SSSR count). The Morgan fingerprint density at radius 2 is 2.00 bits per heavy atom. The van der Waals surface area contributed by atoms with Gasteiger partial charge < -0.3 is 5.73 Å². The Bertz CT molecular complexity index is 763. The van der Waals surface area contributed by atoms with Gasteiger partial charge in [0.25, 0.3) is 10.0 Å². The van der Waals surface area contributed by atoms with Crippen LogP contribution >= 0.6 is 12.2 Å². The van der Waals surface area contributed by atoms with Gasteiger partial charge in [0.2, 0.25) is 0 Å². The van der Waals surface area contributed by atoms with Gasteiger partial charge in [-0.2, -0.15) is 0 Å². The number of hydrogen-bond donors (Lipinski definition) is 2. The molecular formula is C12H10FN3O2S2. The van der Waals surface area contributed by atoms with E-state index in [0.717, 1.165) is 6.20 Å². The average Bonchev–Trinajstić information content (AvgIpc) is 2.41. The third-order valence-corrected chi connectivity index (χ3v) is 4.10. The van der Waals surface area contributed by atoms with Crippen molar-refractivity contribution >= 4 is 32.9 Å². The molecule has 0 saturated heterocycles. The van der Waals surface area contributed by atoms with Crippen LogP contribution in [0, 0.1) is 5.82 Å². The van der Waals surface area contributed by atoms with Crippen LogP contribution < -0.4 is 10.5 Å². The molecule has 1 aromatic carbocycles. The van der Waals surface area contributed by atoms with Gasteiger partial charge in [-0.1, -0.05) is 30.4 Å². The van der Waals surface area contributed by atoms with E-state index in [-0.39, 0.29) is 21.1 Å². The molecule has 104 valence electrons. The van der Waals surface area contributed by atoms with Gasteiger partial charge in [-0.15, -0.1) is 0 Å². The fraction of sp³-hybridized carbons (Fsp3) is 0. The summed E-state index contributed by atoms with van der Waals surface area (Å²) in [5, 5.41) is 0. The standard InChI is InChI=1S/C12H10FN3O2S2/c13-9-7-15-6-5-10(9)16-20(17,18)11-4-2-1-3-8(11)12(14)19/h1-7H,(H2,14,19)(H,15,16). The monoisotopic (exact) mass is 311 g/mol. The van der Waals surface area contributed by atoms with Gasteiger partial charge in [-0.3, -0.25) is 9.71 Å². The summed E-state index contributed by atoms with van der Waals surface area (Å²) in [7, 11) is -4.00. The Morgan fingerprint density at radius 1 is 1.30 bits per heavy atom. The Hall–Kier alpha value is -2.06. The molecule has 0 unspecified atom stereocenters. The summed E-state index contributed by atoms with van der Waals surface area (Å²) in [5.74, 6) is -0.774. The van der Waals surface area contributed by atoms with E-state index >= 15 is 0 Å². The SMILES string of the molecule is NC(=S)c1ccccc1S(=O)(=O)Nc1ccncc1F.